The Morgan fingerprint density at radius 2 is 1.90 bits per heavy atom. The third kappa shape index (κ3) is 3.14. The van der Waals surface area contributed by atoms with E-state index < -0.39 is 5.54 Å². The summed E-state index contributed by atoms with van der Waals surface area (Å²) in [5.41, 5.74) is 0.128. The summed E-state index contributed by atoms with van der Waals surface area (Å²) in [7, 11) is 1.74. The monoisotopic (exact) mass is 273 g/mol. The van der Waals surface area contributed by atoms with Crippen molar-refractivity contribution in [2.45, 2.75) is 26.3 Å². The average Bonchev–Trinajstić information content (AvgIpc) is 2.68. The molecule has 2 aromatic rings. The third-order valence-electron chi connectivity index (χ3n) is 2.89. The van der Waals surface area contributed by atoms with Gasteiger partial charge in [-0.2, -0.15) is 10.1 Å². The molecule has 0 aliphatic heterocycles. The Morgan fingerprint density at radius 3 is 2.45 bits per heavy atom. The minimum absolute atomic E-state index is 0.170. The number of nitrogens with zero attached hydrogens (tertiary/aromatic N) is 3. The molecule has 0 aliphatic rings. The zero-order valence-corrected chi connectivity index (χ0v) is 12.1. The molecule has 20 heavy (non-hydrogen) atoms. The SMILES string of the molecule is Cc1nc(NC(=O)C(C)(C)Nc2ccccc2)n(C)n1. The van der Waals surface area contributed by atoms with E-state index in [0.29, 0.717) is 11.8 Å². The number of hydrogen-bond acceptors (Lipinski definition) is 4. The van der Waals surface area contributed by atoms with Gasteiger partial charge in [-0.05, 0) is 32.9 Å². The second kappa shape index (κ2) is 5.32. The van der Waals surface area contributed by atoms with Crippen molar-refractivity contribution in [2.24, 2.45) is 7.05 Å². The first-order chi connectivity index (χ1) is 9.38. The molecule has 6 nitrogen and oxygen atoms in total. The van der Waals surface area contributed by atoms with Crippen LogP contribution < -0.4 is 10.6 Å². The van der Waals surface area contributed by atoms with Crippen LogP contribution >= 0.6 is 0 Å². The molecule has 2 rings (SSSR count). The average molecular weight is 273 g/mol. The first-order valence-corrected chi connectivity index (χ1v) is 6.41. The topological polar surface area (TPSA) is 71.8 Å². The number of rotatable bonds is 4. The molecule has 106 valence electrons. The highest BCUT2D eigenvalue weighted by Gasteiger charge is 2.28. The minimum atomic E-state index is -0.763. The number of anilines is 2. The van der Waals surface area contributed by atoms with Crippen LogP contribution in [0.5, 0.6) is 0 Å². The summed E-state index contributed by atoms with van der Waals surface area (Å²) in [6, 6.07) is 9.61. The zero-order valence-electron chi connectivity index (χ0n) is 12.1. The molecule has 0 radical (unpaired) electrons. The normalized spacial score (nSPS) is 11.2. The summed E-state index contributed by atoms with van der Waals surface area (Å²) in [6.07, 6.45) is 0. The number of aromatic nitrogens is 3. The molecule has 1 aromatic heterocycles. The van der Waals surface area contributed by atoms with E-state index in [1.165, 1.54) is 0 Å². The number of aryl methyl sites for hydroxylation is 2. The Labute approximate surface area is 118 Å². The van der Waals surface area contributed by atoms with Gasteiger partial charge < -0.3 is 5.32 Å². The fourth-order valence-electron chi connectivity index (χ4n) is 1.82. The van der Waals surface area contributed by atoms with Gasteiger partial charge in [-0.15, -0.1) is 0 Å². The highest BCUT2D eigenvalue weighted by Crippen LogP contribution is 2.16. The molecule has 0 fully saturated rings. The summed E-state index contributed by atoms with van der Waals surface area (Å²) in [4.78, 5) is 16.5. The van der Waals surface area contributed by atoms with Crippen LogP contribution in [0.1, 0.15) is 19.7 Å². The Balaban J connectivity index is 2.09. The van der Waals surface area contributed by atoms with Gasteiger partial charge in [0.2, 0.25) is 5.95 Å². The Morgan fingerprint density at radius 1 is 1.25 bits per heavy atom. The van der Waals surface area contributed by atoms with Crippen LogP contribution in [0, 0.1) is 6.92 Å². The van der Waals surface area contributed by atoms with Gasteiger partial charge in [0.05, 0.1) is 0 Å². The second-order valence-corrected chi connectivity index (χ2v) is 5.18. The molecule has 0 saturated heterocycles. The van der Waals surface area contributed by atoms with E-state index in [1.54, 1.807) is 18.7 Å². The van der Waals surface area contributed by atoms with Crippen molar-refractivity contribution in [2.75, 3.05) is 10.6 Å². The van der Waals surface area contributed by atoms with Crippen molar-refractivity contribution in [3.8, 4) is 0 Å². The number of hydrogen-bond donors (Lipinski definition) is 2. The van der Waals surface area contributed by atoms with Gasteiger partial charge in [-0.25, -0.2) is 4.68 Å². The maximum Gasteiger partial charge on any atom is 0.251 e. The number of para-hydroxylation sites is 1. The lowest BCUT2D eigenvalue weighted by atomic mass is 10.0. The minimum Gasteiger partial charge on any atom is -0.372 e. The van der Waals surface area contributed by atoms with Crippen molar-refractivity contribution in [1.29, 1.82) is 0 Å². The number of amides is 1. The van der Waals surface area contributed by atoms with Gasteiger partial charge in [0.25, 0.3) is 5.91 Å². The van der Waals surface area contributed by atoms with E-state index in [1.807, 2.05) is 44.2 Å². The van der Waals surface area contributed by atoms with Crippen LogP contribution in [-0.4, -0.2) is 26.2 Å². The van der Waals surface area contributed by atoms with E-state index in [0.717, 1.165) is 5.69 Å². The fraction of sp³-hybridized carbons (Fsp3) is 0.357. The maximum atomic E-state index is 12.3. The molecule has 2 N–H and O–H groups in total. The molecule has 6 heteroatoms. The smallest absolute Gasteiger partial charge is 0.251 e. The van der Waals surface area contributed by atoms with Crippen LogP contribution in [0.15, 0.2) is 30.3 Å². The van der Waals surface area contributed by atoms with E-state index in [9.17, 15) is 4.79 Å². The van der Waals surface area contributed by atoms with Crippen molar-refractivity contribution < 1.29 is 4.79 Å². The van der Waals surface area contributed by atoms with Crippen LogP contribution in [0.25, 0.3) is 0 Å². The van der Waals surface area contributed by atoms with Gasteiger partial charge in [-0.3, -0.25) is 10.1 Å². The van der Waals surface area contributed by atoms with Crippen LogP contribution in [0.4, 0.5) is 11.6 Å². The molecule has 1 aromatic carbocycles. The standard InChI is InChI=1S/C14H19N5O/c1-10-15-13(19(4)18-10)16-12(20)14(2,3)17-11-8-6-5-7-9-11/h5-9,17H,1-4H3,(H,15,16,18,20). The Bertz CT molecular complexity index is 603. The van der Waals surface area contributed by atoms with E-state index >= 15 is 0 Å². The summed E-state index contributed by atoms with van der Waals surface area (Å²) in [6.45, 7) is 5.42. The molecule has 0 bridgehead atoms. The largest absolute Gasteiger partial charge is 0.372 e. The first-order valence-electron chi connectivity index (χ1n) is 6.41. The molecule has 1 heterocycles. The molecular formula is C14H19N5O. The molecule has 0 spiro atoms. The van der Waals surface area contributed by atoms with Crippen molar-refractivity contribution in [3.05, 3.63) is 36.2 Å². The quantitative estimate of drug-likeness (QED) is 0.893. The number of nitrogens with one attached hydrogen (secondary N) is 2. The lowest BCUT2D eigenvalue weighted by Gasteiger charge is -2.25. The summed E-state index contributed by atoms with van der Waals surface area (Å²) < 4.78 is 1.55. The van der Waals surface area contributed by atoms with Crippen molar-refractivity contribution >= 4 is 17.5 Å². The van der Waals surface area contributed by atoms with E-state index in [4.69, 9.17) is 0 Å². The number of carbonyl (C=O) groups excluding carboxylic acids is 1. The zero-order chi connectivity index (χ0) is 14.8. The molecule has 0 aliphatic carbocycles. The lowest BCUT2D eigenvalue weighted by Crippen LogP contribution is -2.44. The second-order valence-electron chi connectivity index (χ2n) is 5.18. The molecule has 0 saturated carbocycles. The predicted molar refractivity (Wildman–Crippen MR) is 78.5 cm³/mol. The highest BCUT2D eigenvalue weighted by atomic mass is 16.2. The van der Waals surface area contributed by atoms with Crippen molar-refractivity contribution in [1.82, 2.24) is 14.8 Å². The van der Waals surface area contributed by atoms with Crippen LogP contribution in [0.2, 0.25) is 0 Å². The van der Waals surface area contributed by atoms with E-state index in [2.05, 4.69) is 20.7 Å². The van der Waals surface area contributed by atoms with Gasteiger partial charge in [0.15, 0.2) is 0 Å². The number of benzene rings is 1. The third-order valence-corrected chi connectivity index (χ3v) is 2.89. The van der Waals surface area contributed by atoms with Crippen molar-refractivity contribution in [3.63, 3.8) is 0 Å². The highest BCUT2D eigenvalue weighted by molar-refractivity contribution is 5.98. The summed E-state index contributed by atoms with van der Waals surface area (Å²) in [5, 5.41) is 10.1. The Kier molecular flexibility index (Phi) is 3.74. The first kappa shape index (κ1) is 14.0. The molecule has 0 unspecified atom stereocenters. The maximum absolute atomic E-state index is 12.3. The van der Waals surface area contributed by atoms with Gasteiger partial charge in [0.1, 0.15) is 11.4 Å². The number of carbonyl (C=O) groups is 1. The molecular weight excluding hydrogens is 254 g/mol. The van der Waals surface area contributed by atoms with Crippen LogP contribution in [-0.2, 0) is 11.8 Å². The van der Waals surface area contributed by atoms with Crippen LogP contribution in [0.3, 0.4) is 0 Å². The van der Waals surface area contributed by atoms with Gasteiger partial charge >= 0.3 is 0 Å². The fourth-order valence-corrected chi connectivity index (χ4v) is 1.82. The van der Waals surface area contributed by atoms with E-state index in [-0.39, 0.29) is 5.91 Å². The van der Waals surface area contributed by atoms with Gasteiger partial charge in [0, 0.05) is 12.7 Å². The summed E-state index contributed by atoms with van der Waals surface area (Å²) >= 11 is 0. The lowest BCUT2D eigenvalue weighted by molar-refractivity contribution is -0.119. The summed E-state index contributed by atoms with van der Waals surface area (Å²) in [5.74, 6) is 0.893. The molecule has 1 amide bonds. The Hall–Kier alpha value is -2.37. The predicted octanol–water partition coefficient (Wildman–Crippen LogP) is 1.95. The van der Waals surface area contributed by atoms with Gasteiger partial charge in [-0.1, -0.05) is 18.2 Å². The molecule has 0 atom stereocenters.